The number of amides is 1. The van der Waals surface area contributed by atoms with E-state index in [9.17, 15) is 15.3 Å². The number of rotatable bonds is 4. The molecule has 2 rings (SSSR count). The Kier molecular flexibility index (Phi) is 5.07. The molecular formula is C15H11ClN5OS+. The summed E-state index contributed by atoms with van der Waals surface area (Å²) in [5.41, 5.74) is 12.4. The number of H-pyrrole nitrogens is 1. The third-order valence-electron chi connectivity index (χ3n) is 2.96. The van der Waals surface area contributed by atoms with Crippen molar-refractivity contribution in [1.82, 2.24) is 0 Å². The molecule has 1 heterocycles. The van der Waals surface area contributed by atoms with Crippen LogP contribution < -0.4 is 16.5 Å². The zero-order chi connectivity index (χ0) is 17.0. The molecule has 0 saturated carbocycles. The van der Waals surface area contributed by atoms with Crippen LogP contribution in [0.1, 0.15) is 11.1 Å². The molecule has 1 aromatic carbocycles. The first-order valence-electron chi connectivity index (χ1n) is 6.34. The number of nitrogens with zero attached hydrogens (tertiary/aromatic N) is 2. The van der Waals surface area contributed by atoms with Gasteiger partial charge < -0.3 is 5.73 Å². The van der Waals surface area contributed by atoms with E-state index in [2.05, 4.69) is 11.1 Å². The van der Waals surface area contributed by atoms with Crippen molar-refractivity contribution < 1.29 is 9.78 Å². The predicted molar refractivity (Wildman–Crippen MR) is 87.2 cm³/mol. The number of carbonyl (C=O) groups excluding carboxylic acids is 1. The van der Waals surface area contributed by atoms with Crippen LogP contribution in [0, 0.1) is 22.7 Å². The van der Waals surface area contributed by atoms with Gasteiger partial charge in [-0.3, -0.25) is 10.5 Å². The van der Waals surface area contributed by atoms with Gasteiger partial charge >= 0.3 is 0 Å². The topological polar surface area (TPSA) is 131 Å². The van der Waals surface area contributed by atoms with Crippen LogP contribution in [0.4, 0.5) is 5.82 Å². The number of nitrogens with one attached hydrogen (secondary N) is 1. The first-order valence-corrected chi connectivity index (χ1v) is 7.70. The highest BCUT2D eigenvalue weighted by atomic mass is 35.5. The number of primary amides is 1. The minimum atomic E-state index is -0.525. The summed E-state index contributed by atoms with van der Waals surface area (Å²) in [6.07, 6.45) is 0. The number of hydrogen-bond donors (Lipinski definition) is 2. The van der Waals surface area contributed by atoms with E-state index in [1.807, 2.05) is 6.07 Å². The van der Waals surface area contributed by atoms with Crippen molar-refractivity contribution in [2.45, 2.75) is 5.03 Å². The van der Waals surface area contributed by atoms with Crippen molar-refractivity contribution in [1.29, 1.82) is 10.5 Å². The van der Waals surface area contributed by atoms with Crippen LogP contribution in [0.3, 0.4) is 0 Å². The SMILES string of the molecule is N#Cc1c(N)[nH+]c(SCC(N)=O)c(C#N)c1-c1ccc(Cl)cc1. The lowest BCUT2D eigenvalue weighted by Crippen LogP contribution is -2.20. The molecule has 2 aromatic rings. The van der Waals surface area contributed by atoms with E-state index in [-0.39, 0.29) is 22.7 Å². The number of thioether (sulfide) groups is 1. The zero-order valence-electron chi connectivity index (χ0n) is 11.8. The monoisotopic (exact) mass is 344 g/mol. The number of hydrogen-bond acceptors (Lipinski definition) is 5. The number of anilines is 1. The molecule has 0 spiro atoms. The van der Waals surface area contributed by atoms with Crippen LogP contribution in [0.2, 0.25) is 5.02 Å². The Labute approximate surface area is 141 Å². The summed E-state index contributed by atoms with van der Waals surface area (Å²) in [4.78, 5) is 13.8. The smallest absolute Gasteiger partial charge is 0.289 e. The van der Waals surface area contributed by atoms with Crippen molar-refractivity contribution in [3.63, 3.8) is 0 Å². The lowest BCUT2D eigenvalue weighted by Gasteiger charge is -2.09. The number of nitrogen functional groups attached to an aromatic ring is 1. The first-order chi connectivity index (χ1) is 11.0. The average Bonchev–Trinajstić information content (AvgIpc) is 2.53. The van der Waals surface area contributed by atoms with Crippen molar-refractivity contribution >= 4 is 35.1 Å². The molecular weight excluding hydrogens is 334 g/mol. The molecule has 0 radical (unpaired) electrons. The highest BCUT2D eigenvalue weighted by Gasteiger charge is 2.24. The minimum Gasteiger partial charge on any atom is -0.369 e. The van der Waals surface area contributed by atoms with E-state index in [1.54, 1.807) is 24.3 Å². The van der Waals surface area contributed by atoms with E-state index in [4.69, 9.17) is 23.1 Å². The number of benzene rings is 1. The van der Waals surface area contributed by atoms with E-state index in [0.717, 1.165) is 11.8 Å². The molecule has 1 aromatic heterocycles. The maximum absolute atomic E-state index is 11.0. The largest absolute Gasteiger partial charge is 0.369 e. The summed E-state index contributed by atoms with van der Waals surface area (Å²) in [6, 6.07) is 10.8. The maximum atomic E-state index is 11.0. The van der Waals surface area contributed by atoms with Gasteiger partial charge in [-0.25, -0.2) is 4.98 Å². The van der Waals surface area contributed by atoms with Crippen molar-refractivity contribution in [2.24, 2.45) is 5.73 Å². The Balaban J connectivity index is 2.71. The summed E-state index contributed by atoms with van der Waals surface area (Å²) in [5.74, 6) is -0.428. The average molecular weight is 345 g/mol. The molecule has 8 heteroatoms. The van der Waals surface area contributed by atoms with Crippen molar-refractivity contribution in [2.75, 3.05) is 11.5 Å². The van der Waals surface area contributed by atoms with E-state index >= 15 is 0 Å². The number of aromatic nitrogens is 1. The van der Waals surface area contributed by atoms with Crippen LogP contribution >= 0.6 is 23.4 Å². The number of nitrogens with two attached hydrogens (primary N) is 2. The van der Waals surface area contributed by atoms with Crippen LogP contribution in [-0.4, -0.2) is 11.7 Å². The number of aromatic amines is 1. The summed E-state index contributed by atoms with van der Waals surface area (Å²) in [5, 5.41) is 19.8. The second-order valence-electron chi connectivity index (χ2n) is 4.48. The van der Waals surface area contributed by atoms with Gasteiger partial charge in [-0.1, -0.05) is 35.5 Å². The zero-order valence-corrected chi connectivity index (χ0v) is 13.3. The molecule has 0 bridgehead atoms. The maximum Gasteiger partial charge on any atom is 0.289 e. The lowest BCUT2D eigenvalue weighted by molar-refractivity contribution is -0.410. The summed E-state index contributed by atoms with van der Waals surface area (Å²) in [6.45, 7) is 0. The third-order valence-corrected chi connectivity index (χ3v) is 4.24. The molecule has 1 amide bonds. The third kappa shape index (κ3) is 3.54. The van der Waals surface area contributed by atoms with E-state index in [1.165, 1.54) is 0 Å². The van der Waals surface area contributed by atoms with Gasteiger partial charge in [-0.05, 0) is 17.7 Å². The molecule has 0 saturated heterocycles. The Morgan fingerprint density at radius 3 is 2.35 bits per heavy atom. The van der Waals surface area contributed by atoms with Crippen LogP contribution in [-0.2, 0) is 4.79 Å². The molecule has 0 aliphatic carbocycles. The van der Waals surface area contributed by atoms with Gasteiger partial charge in [-0.2, -0.15) is 10.5 Å². The van der Waals surface area contributed by atoms with Crippen molar-refractivity contribution in [3.8, 4) is 23.3 Å². The Bertz CT molecular complexity index is 852. The minimum absolute atomic E-state index is 0.0173. The van der Waals surface area contributed by atoms with E-state index in [0.29, 0.717) is 21.2 Å². The second kappa shape index (κ2) is 7.01. The van der Waals surface area contributed by atoms with Gasteiger partial charge in [0.25, 0.3) is 5.82 Å². The highest BCUT2D eigenvalue weighted by Crippen LogP contribution is 2.33. The normalized spacial score (nSPS) is 9.87. The van der Waals surface area contributed by atoms with Gasteiger partial charge in [-0.15, -0.1) is 0 Å². The van der Waals surface area contributed by atoms with Crippen LogP contribution in [0.15, 0.2) is 29.3 Å². The molecule has 5 N–H and O–H groups in total. The fourth-order valence-corrected chi connectivity index (χ4v) is 2.89. The number of halogens is 1. The molecule has 0 unspecified atom stereocenters. The van der Waals surface area contributed by atoms with Crippen LogP contribution in [0.25, 0.3) is 11.1 Å². The Morgan fingerprint density at radius 2 is 1.83 bits per heavy atom. The standard InChI is InChI=1S/C15H10ClN5OS/c16-9-3-1-8(2-4-9)13-10(5-17)14(20)21-15(11(13)6-18)23-7-12(19)22/h1-4H,7H2,(H2,19,22)(H2,20,21)/p+1. The summed E-state index contributed by atoms with van der Waals surface area (Å²) in [7, 11) is 0. The molecule has 0 aliphatic rings. The molecule has 0 aliphatic heterocycles. The van der Waals surface area contributed by atoms with Gasteiger partial charge in [0.05, 0.1) is 5.75 Å². The number of pyridine rings is 1. The fraction of sp³-hybridized carbons (Fsp3) is 0.0667. The highest BCUT2D eigenvalue weighted by molar-refractivity contribution is 7.99. The molecule has 23 heavy (non-hydrogen) atoms. The Hall–Kier alpha value is -2.74. The quantitative estimate of drug-likeness (QED) is 0.815. The predicted octanol–water partition coefficient (Wildman–Crippen LogP) is 1.72. The molecule has 6 nitrogen and oxygen atoms in total. The lowest BCUT2D eigenvalue weighted by atomic mass is 9.97. The van der Waals surface area contributed by atoms with Crippen molar-refractivity contribution in [3.05, 3.63) is 40.4 Å². The second-order valence-corrected chi connectivity index (χ2v) is 5.90. The van der Waals surface area contributed by atoms with Gasteiger partial charge in [0.2, 0.25) is 5.91 Å². The molecule has 114 valence electrons. The molecule has 0 atom stereocenters. The fourth-order valence-electron chi connectivity index (χ4n) is 2.00. The Morgan fingerprint density at radius 1 is 1.22 bits per heavy atom. The first kappa shape index (κ1) is 16.6. The van der Waals surface area contributed by atoms with Gasteiger partial charge in [0.1, 0.15) is 23.3 Å². The molecule has 0 fully saturated rings. The summed E-state index contributed by atoms with van der Waals surface area (Å²) >= 11 is 6.93. The van der Waals surface area contributed by atoms with Gasteiger partial charge in [0, 0.05) is 10.6 Å². The van der Waals surface area contributed by atoms with Crippen LogP contribution in [0.5, 0.6) is 0 Å². The summed E-state index contributed by atoms with van der Waals surface area (Å²) < 4.78 is 0. The number of nitriles is 2. The van der Waals surface area contributed by atoms with Gasteiger partial charge in [0.15, 0.2) is 5.03 Å². The van der Waals surface area contributed by atoms with E-state index < -0.39 is 5.91 Å². The number of carbonyl (C=O) groups is 1.